The summed E-state index contributed by atoms with van der Waals surface area (Å²) in [5, 5.41) is 11.1. The summed E-state index contributed by atoms with van der Waals surface area (Å²) in [7, 11) is 0. The highest BCUT2D eigenvalue weighted by atomic mass is 79.9. The molecule has 0 spiro atoms. The fourth-order valence-corrected chi connectivity index (χ4v) is 5.44. The Morgan fingerprint density at radius 1 is 1.20 bits per heavy atom. The van der Waals surface area contributed by atoms with Gasteiger partial charge in [0.25, 0.3) is 0 Å². The van der Waals surface area contributed by atoms with Gasteiger partial charge in [-0.2, -0.15) is 0 Å². The largest absolute Gasteiger partial charge is 0.493 e. The highest BCUT2D eigenvalue weighted by Gasteiger charge is 2.24. The molecule has 1 aliphatic carbocycles. The Hall–Kier alpha value is -2.51. The van der Waals surface area contributed by atoms with Crippen molar-refractivity contribution >= 4 is 56.5 Å². The SMILES string of the molecule is Oc1c(C=C2C=Nc3ccc(Br)cc32)sc(=Nc2ccccc2F)n1C1CCCC1. The van der Waals surface area contributed by atoms with Crippen molar-refractivity contribution in [2.45, 2.75) is 31.7 Å². The van der Waals surface area contributed by atoms with Crippen LogP contribution in [-0.2, 0) is 0 Å². The Kier molecular flexibility index (Phi) is 5.16. The third kappa shape index (κ3) is 3.56. The first kappa shape index (κ1) is 19.5. The van der Waals surface area contributed by atoms with Crippen molar-refractivity contribution in [1.29, 1.82) is 0 Å². The lowest BCUT2D eigenvalue weighted by Gasteiger charge is -2.12. The van der Waals surface area contributed by atoms with E-state index in [0.29, 0.717) is 9.68 Å². The molecule has 4 nitrogen and oxygen atoms in total. The summed E-state index contributed by atoms with van der Waals surface area (Å²) in [4.78, 5) is 10.4. The number of para-hydroxylation sites is 1. The van der Waals surface area contributed by atoms with Crippen LogP contribution in [-0.4, -0.2) is 15.9 Å². The van der Waals surface area contributed by atoms with E-state index in [1.54, 1.807) is 18.2 Å². The van der Waals surface area contributed by atoms with Gasteiger partial charge in [0.05, 0.1) is 10.6 Å². The van der Waals surface area contributed by atoms with Crippen LogP contribution in [0.2, 0.25) is 0 Å². The molecule has 7 heteroatoms. The number of fused-ring (bicyclic) bond motifs is 1. The Morgan fingerprint density at radius 2 is 2.00 bits per heavy atom. The van der Waals surface area contributed by atoms with E-state index >= 15 is 0 Å². The Morgan fingerprint density at radius 3 is 2.80 bits per heavy atom. The maximum atomic E-state index is 14.2. The molecule has 1 fully saturated rings. The van der Waals surface area contributed by atoms with E-state index in [-0.39, 0.29) is 23.4 Å². The number of thiazole rings is 1. The van der Waals surface area contributed by atoms with Crippen molar-refractivity contribution in [3.05, 3.63) is 68.0 Å². The Bertz CT molecular complexity index is 1250. The standard InChI is InChI=1S/C23H19BrFN3OS/c24-15-9-10-19-17(12-15)14(13-26-19)11-21-22(29)28(16-5-1-2-6-16)23(30-21)27-20-8-4-3-7-18(20)25/h3-4,7-13,16,29H,1-2,5-6H2. The van der Waals surface area contributed by atoms with Gasteiger partial charge in [0, 0.05) is 27.9 Å². The lowest BCUT2D eigenvalue weighted by molar-refractivity contribution is 0.375. The van der Waals surface area contributed by atoms with E-state index < -0.39 is 0 Å². The smallest absolute Gasteiger partial charge is 0.211 e. The summed E-state index contributed by atoms with van der Waals surface area (Å²) in [6, 6.07) is 12.6. The zero-order valence-corrected chi connectivity index (χ0v) is 18.5. The molecule has 0 atom stereocenters. The maximum Gasteiger partial charge on any atom is 0.211 e. The predicted octanol–water partition coefficient (Wildman–Crippen LogP) is 6.76. The van der Waals surface area contributed by atoms with Crippen LogP contribution in [0.1, 0.15) is 42.2 Å². The first-order chi connectivity index (χ1) is 14.6. The van der Waals surface area contributed by atoms with Crippen LogP contribution in [0.5, 0.6) is 5.88 Å². The second-order valence-electron chi connectivity index (χ2n) is 7.46. The number of allylic oxidation sites excluding steroid dienone is 1. The molecule has 2 aromatic carbocycles. The van der Waals surface area contributed by atoms with Gasteiger partial charge >= 0.3 is 0 Å². The predicted molar refractivity (Wildman–Crippen MR) is 123 cm³/mol. The zero-order valence-electron chi connectivity index (χ0n) is 16.1. The highest BCUT2D eigenvalue weighted by Crippen LogP contribution is 2.38. The van der Waals surface area contributed by atoms with Crippen LogP contribution in [0.15, 0.2) is 56.9 Å². The quantitative estimate of drug-likeness (QED) is 0.439. The topological polar surface area (TPSA) is 49.9 Å². The zero-order chi connectivity index (χ0) is 20.7. The molecule has 0 unspecified atom stereocenters. The molecule has 3 aromatic rings. The Balaban J connectivity index is 1.66. The molecular formula is C23H19BrFN3OS. The number of hydrogen-bond donors (Lipinski definition) is 1. The van der Waals surface area contributed by atoms with Gasteiger partial charge in [0.2, 0.25) is 5.88 Å². The third-order valence-corrected chi connectivity index (χ3v) is 7.00. The minimum Gasteiger partial charge on any atom is -0.493 e. The van der Waals surface area contributed by atoms with Gasteiger partial charge in [-0.05, 0) is 49.2 Å². The van der Waals surface area contributed by atoms with E-state index in [4.69, 9.17) is 0 Å². The summed E-state index contributed by atoms with van der Waals surface area (Å²) >= 11 is 4.88. The van der Waals surface area contributed by atoms with E-state index in [1.165, 1.54) is 17.4 Å². The molecule has 1 N–H and O–H groups in total. The summed E-state index contributed by atoms with van der Waals surface area (Å²) < 4.78 is 17.1. The first-order valence-corrected chi connectivity index (χ1v) is 11.5. The fourth-order valence-electron chi connectivity index (χ4n) is 4.03. The number of rotatable bonds is 3. The number of nitrogens with zero attached hydrogens (tertiary/aromatic N) is 3. The molecule has 0 radical (unpaired) electrons. The fraction of sp³-hybridized carbons (Fsp3) is 0.217. The van der Waals surface area contributed by atoms with E-state index in [1.807, 2.05) is 35.1 Å². The van der Waals surface area contributed by atoms with Crippen LogP contribution in [0.3, 0.4) is 0 Å². The molecular weight excluding hydrogens is 465 g/mol. The van der Waals surface area contributed by atoms with Gasteiger partial charge in [0.1, 0.15) is 11.5 Å². The molecule has 1 aliphatic heterocycles. The molecule has 1 aromatic heterocycles. The maximum absolute atomic E-state index is 14.2. The van der Waals surface area contributed by atoms with Gasteiger partial charge in [-0.25, -0.2) is 9.38 Å². The average Bonchev–Trinajstić information content (AvgIpc) is 3.45. The number of hydrogen-bond acceptors (Lipinski definition) is 4. The molecule has 30 heavy (non-hydrogen) atoms. The number of aromatic hydroxyl groups is 1. The molecule has 5 rings (SSSR count). The van der Waals surface area contributed by atoms with Gasteiger partial charge in [0.15, 0.2) is 4.80 Å². The van der Waals surface area contributed by atoms with Gasteiger partial charge in [-0.3, -0.25) is 9.56 Å². The normalized spacial score (nSPS) is 17.9. The summed E-state index contributed by atoms with van der Waals surface area (Å²) in [5.41, 5.74) is 3.12. The second-order valence-corrected chi connectivity index (χ2v) is 9.39. The molecule has 0 amide bonds. The highest BCUT2D eigenvalue weighted by molar-refractivity contribution is 9.10. The van der Waals surface area contributed by atoms with Crippen molar-refractivity contribution in [2.24, 2.45) is 9.98 Å². The lowest BCUT2D eigenvalue weighted by Crippen LogP contribution is -2.18. The number of aromatic nitrogens is 1. The lowest BCUT2D eigenvalue weighted by atomic mass is 10.1. The third-order valence-electron chi connectivity index (χ3n) is 5.51. The molecule has 2 aliphatic rings. The van der Waals surface area contributed by atoms with Crippen LogP contribution in [0.25, 0.3) is 11.6 Å². The second kappa shape index (κ2) is 7.96. The van der Waals surface area contributed by atoms with Gasteiger partial charge in [-0.15, -0.1) is 0 Å². The van der Waals surface area contributed by atoms with E-state index in [0.717, 1.165) is 47.0 Å². The number of aliphatic imine (C=N–C) groups is 1. The summed E-state index contributed by atoms with van der Waals surface area (Å²) in [6.45, 7) is 0. The van der Waals surface area contributed by atoms with Crippen molar-refractivity contribution in [3.8, 4) is 5.88 Å². The number of halogens is 2. The minimum absolute atomic E-state index is 0.178. The molecule has 152 valence electrons. The van der Waals surface area contributed by atoms with Crippen molar-refractivity contribution in [2.75, 3.05) is 0 Å². The van der Waals surface area contributed by atoms with E-state index in [2.05, 4.69) is 25.9 Å². The monoisotopic (exact) mass is 483 g/mol. The van der Waals surface area contributed by atoms with Crippen LogP contribution in [0.4, 0.5) is 15.8 Å². The minimum atomic E-state index is -0.370. The first-order valence-electron chi connectivity index (χ1n) is 9.89. The summed E-state index contributed by atoms with van der Waals surface area (Å²) in [5.74, 6) is -0.184. The van der Waals surface area contributed by atoms with Gasteiger partial charge < -0.3 is 5.11 Å². The van der Waals surface area contributed by atoms with Crippen LogP contribution in [0, 0.1) is 5.82 Å². The summed E-state index contributed by atoms with van der Waals surface area (Å²) in [6.07, 6.45) is 7.97. The molecule has 0 bridgehead atoms. The average molecular weight is 484 g/mol. The van der Waals surface area contributed by atoms with E-state index in [9.17, 15) is 9.50 Å². The van der Waals surface area contributed by atoms with Gasteiger partial charge in [-0.1, -0.05) is 52.2 Å². The Labute approximate surface area is 185 Å². The van der Waals surface area contributed by atoms with Crippen molar-refractivity contribution < 1.29 is 9.50 Å². The molecule has 2 heterocycles. The molecule has 1 saturated carbocycles. The van der Waals surface area contributed by atoms with Crippen LogP contribution < -0.4 is 4.80 Å². The van der Waals surface area contributed by atoms with Crippen molar-refractivity contribution in [1.82, 2.24) is 4.57 Å². The number of benzene rings is 2. The molecule has 0 saturated heterocycles. The van der Waals surface area contributed by atoms with Crippen LogP contribution >= 0.6 is 27.3 Å². The van der Waals surface area contributed by atoms with Crippen molar-refractivity contribution in [3.63, 3.8) is 0 Å².